The van der Waals surface area contributed by atoms with E-state index in [4.69, 9.17) is 20.0 Å². The zero-order valence-corrected chi connectivity index (χ0v) is 20.2. The average molecular weight is 393 g/mol. The third-order valence-electron chi connectivity index (χ3n) is 5.53. The fourth-order valence-electron chi connectivity index (χ4n) is 1.77. The molecular weight excluding hydrogens is 356 g/mol. The normalized spacial score (nSPS) is 13.1. The predicted octanol–water partition coefficient (Wildman–Crippen LogP) is 6.47. The van der Waals surface area contributed by atoms with Crippen molar-refractivity contribution in [1.82, 2.24) is 0 Å². The van der Waals surface area contributed by atoms with Crippen molar-refractivity contribution < 1.29 is 13.6 Å². The van der Waals surface area contributed by atoms with Crippen LogP contribution in [-0.2, 0) is 0 Å². The molecule has 3 nitrogen and oxygen atoms in total. The molecule has 0 N–H and O–H groups in total. The summed E-state index contributed by atoms with van der Waals surface area (Å²) in [7, 11) is -3.92. The van der Waals surface area contributed by atoms with Gasteiger partial charge in [0.2, 0.25) is 16.6 Å². The molecule has 0 spiro atoms. The second-order valence-electron chi connectivity index (χ2n) is 9.86. The lowest BCUT2D eigenvalue weighted by atomic mass is 10.2. The molecule has 0 fully saturated rings. The molecule has 1 aromatic carbocycles. The third kappa shape index (κ3) is 5.82. The minimum atomic E-state index is -1.96. The molecule has 0 amide bonds. The SMILES string of the molecule is C#CCOc1cc(O[Si](C)(C)C(C)(C)C)cc(O[Si](C)(C)C(C)(C)C)c1. The molecule has 0 heterocycles. The molecule has 0 saturated heterocycles. The average Bonchev–Trinajstić information content (AvgIpc) is 2.41. The Morgan fingerprint density at radius 3 is 1.42 bits per heavy atom. The monoisotopic (exact) mass is 392 g/mol. The van der Waals surface area contributed by atoms with Crippen LogP contribution in [0, 0.1) is 12.3 Å². The molecule has 1 aromatic rings. The number of terminal acetylenes is 1. The van der Waals surface area contributed by atoms with Crippen molar-refractivity contribution >= 4 is 16.6 Å². The predicted molar refractivity (Wildman–Crippen MR) is 116 cm³/mol. The molecular formula is C21H36O3Si2. The van der Waals surface area contributed by atoms with Gasteiger partial charge in [0.05, 0.1) is 0 Å². The Balaban J connectivity index is 3.25. The quantitative estimate of drug-likeness (QED) is 0.410. The standard InChI is InChI=1S/C21H36O3Si2/c1-12-13-22-17-14-18(23-25(8,9)20(2,3)4)16-19(15-17)24-26(10,11)21(5,6)7/h1,14-16H,13H2,2-11H3. The zero-order chi connectivity index (χ0) is 20.4. The van der Waals surface area contributed by atoms with E-state index in [9.17, 15) is 0 Å². The van der Waals surface area contributed by atoms with Crippen LogP contribution in [0.2, 0.25) is 36.3 Å². The van der Waals surface area contributed by atoms with Gasteiger partial charge in [0.1, 0.15) is 23.9 Å². The van der Waals surface area contributed by atoms with E-state index >= 15 is 0 Å². The minimum Gasteiger partial charge on any atom is -0.543 e. The van der Waals surface area contributed by atoms with Crippen molar-refractivity contribution in [2.24, 2.45) is 0 Å². The maximum atomic E-state index is 6.47. The number of hydrogen-bond acceptors (Lipinski definition) is 3. The van der Waals surface area contributed by atoms with Crippen LogP contribution in [-0.4, -0.2) is 23.2 Å². The second kappa shape index (κ2) is 7.70. The summed E-state index contributed by atoms with van der Waals surface area (Å²) in [6.45, 7) is 22.5. The fourth-order valence-corrected chi connectivity index (χ4v) is 3.79. The molecule has 0 radical (unpaired) electrons. The lowest BCUT2D eigenvalue weighted by Gasteiger charge is -2.38. The first kappa shape index (κ1) is 22.7. The molecule has 0 aliphatic carbocycles. The molecule has 0 saturated carbocycles. The molecule has 26 heavy (non-hydrogen) atoms. The summed E-state index contributed by atoms with van der Waals surface area (Å²) >= 11 is 0. The summed E-state index contributed by atoms with van der Waals surface area (Å²) in [5.41, 5.74) is 0. The third-order valence-corrected chi connectivity index (χ3v) is 14.3. The summed E-state index contributed by atoms with van der Waals surface area (Å²) < 4.78 is 18.6. The summed E-state index contributed by atoms with van der Waals surface area (Å²) in [6, 6.07) is 5.82. The van der Waals surface area contributed by atoms with E-state index in [1.165, 1.54) is 0 Å². The van der Waals surface area contributed by atoms with Gasteiger partial charge in [0.25, 0.3) is 0 Å². The van der Waals surface area contributed by atoms with Crippen LogP contribution >= 0.6 is 0 Å². The zero-order valence-electron chi connectivity index (χ0n) is 18.2. The number of ether oxygens (including phenoxy) is 1. The molecule has 0 aromatic heterocycles. The molecule has 5 heteroatoms. The van der Waals surface area contributed by atoms with Gasteiger partial charge in [-0.2, -0.15) is 0 Å². The Morgan fingerprint density at radius 1 is 0.769 bits per heavy atom. The van der Waals surface area contributed by atoms with Gasteiger partial charge >= 0.3 is 0 Å². The highest BCUT2D eigenvalue weighted by molar-refractivity contribution is 6.75. The Bertz CT molecular complexity index is 613. The highest BCUT2D eigenvalue weighted by atomic mass is 28.4. The number of benzene rings is 1. The van der Waals surface area contributed by atoms with Crippen molar-refractivity contribution in [2.75, 3.05) is 6.61 Å². The van der Waals surface area contributed by atoms with Gasteiger partial charge in [-0.3, -0.25) is 0 Å². The van der Waals surface area contributed by atoms with Gasteiger partial charge < -0.3 is 13.6 Å². The van der Waals surface area contributed by atoms with E-state index in [-0.39, 0.29) is 16.7 Å². The van der Waals surface area contributed by atoms with Crippen LogP contribution in [0.3, 0.4) is 0 Å². The van der Waals surface area contributed by atoms with Crippen molar-refractivity contribution in [3.63, 3.8) is 0 Å². The van der Waals surface area contributed by atoms with Crippen molar-refractivity contribution in [2.45, 2.75) is 77.8 Å². The Hall–Kier alpha value is -1.39. The summed E-state index contributed by atoms with van der Waals surface area (Å²) in [4.78, 5) is 0. The van der Waals surface area contributed by atoms with E-state index in [1.807, 2.05) is 18.2 Å². The topological polar surface area (TPSA) is 27.7 Å². The van der Waals surface area contributed by atoms with Crippen molar-refractivity contribution in [1.29, 1.82) is 0 Å². The molecule has 0 aliphatic rings. The van der Waals surface area contributed by atoms with E-state index in [0.29, 0.717) is 5.75 Å². The number of hydrogen-bond donors (Lipinski definition) is 0. The van der Waals surface area contributed by atoms with Crippen LogP contribution in [0.5, 0.6) is 17.2 Å². The fraction of sp³-hybridized carbons (Fsp3) is 0.619. The Kier molecular flexibility index (Phi) is 6.70. The van der Waals surface area contributed by atoms with E-state index in [1.54, 1.807) is 0 Å². The lowest BCUT2D eigenvalue weighted by molar-refractivity contribution is 0.365. The maximum absolute atomic E-state index is 6.47. The highest BCUT2D eigenvalue weighted by Gasteiger charge is 2.40. The minimum absolute atomic E-state index is 0.114. The first-order valence-electron chi connectivity index (χ1n) is 9.18. The first-order chi connectivity index (χ1) is 11.6. The largest absolute Gasteiger partial charge is 0.543 e. The first-order valence-corrected chi connectivity index (χ1v) is 15.0. The van der Waals surface area contributed by atoms with Gasteiger partial charge in [-0.25, -0.2) is 0 Å². The van der Waals surface area contributed by atoms with Crippen molar-refractivity contribution in [3.05, 3.63) is 18.2 Å². The van der Waals surface area contributed by atoms with Crippen LogP contribution in [0.4, 0.5) is 0 Å². The molecule has 1 rings (SSSR count). The smallest absolute Gasteiger partial charge is 0.250 e. The van der Waals surface area contributed by atoms with Gasteiger partial charge in [-0.1, -0.05) is 47.5 Å². The Labute approximate surface area is 162 Å². The van der Waals surface area contributed by atoms with Crippen LogP contribution in [0.15, 0.2) is 18.2 Å². The van der Waals surface area contributed by atoms with Crippen LogP contribution in [0.25, 0.3) is 0 Å². The van der Waals surface area contributed by atoms with Crippen LogP contribution < -0.4 is 13.6 Å². The van der Waals surface area contributed by atoms with Gasteiger partial charge in [0.15, 0.2) is 0 Å². The number of rotatable bonds is 6. The maximum Gasteiger partial charge on any atom is 0.250 e. The lowest BCUT2D eigenvalue weighted by Crippen LogP contribution is -2.44. The molecule has 146 valence electrons. The van der Waals surface area contributed by atoms with E-state index in [0.717, 1.165) is 11.5 Å². The van der Waals surface area contributed by atoms with Gasteiger partial charge in [-0.15, -0.1) is 6.42 Å². The molecule has 0 bridgehead atoms. The summed E-state index contributed by atoms with van der Waals surface area (Å²) in [5, 5.41) is 0.228. The summed E-state index contributed by atoms with van der Waals surface area (Å²) in [6.07, 6.45) is 5.35. The van der Waals surface area contributed by atoms with Gasteiger partial charge in [-0.05, 0) is 36.3 Å². The summed E-state index contributed by atoms with van der Waals surface area (Å²) in [5.74, 6) is 4.78. The van der Waals surface area contributed by atoms with E-state index in [2.05, 4.69) is 73.7 Å². The molecule has 0 aliphatic heterocycles. The Morgan fingerprint density at radius 2 is 1.12 bits per heavy atom. The highest BCUT2D eigenvalue weighted by Crippen LogP contribution is 2.41. The van der Waals surface area contributed by atoms with Gasteiger partial charge in [0, 0.05) is 18.2 Å². The van der Waals surface area contributed by atoms with Crippen molar-refractivity contribution in [3.8, 4) is 29.6 Å². The second-order valence-corrected chi connectivity index (χ2v) is 19.3. The molecule has 0 unspecified atom stereocenters. The van der Waals surface area contributed by atoms with E-state index < -0.39 is 16.6 Å². The van der Waals surface area contributed by atoms with Crippen LogP contribution in [0.1, 0.15) is 41.5 Å². The molecule has 0 atom stereocenters.